The molecule has 1 aliphatic carbocycles. The predicted octanol–water partition coefficient (Wildman–Crippen LogP) is 0.515. The number of hydrogen-bond donors (Lipinski definition) is 4. The Morgan fingerprint density at radius 1 is 1.30 bits per heavy atom. The van der Waals surface area contributed by atoms with Crippen molar-refractivity contribution in [2.45, 2.75) is 24.2 Å². The zero-order valence-corrected chi connectivity index (χ0v) is 12.6. The van der Waals surface area contributed by atoms with Gasteiger partial charge in [-0.05, 0) is 24.1 Å². The molecule has 0 spiro atoms. The fraction of sp³-hybridized carbons (Fsp3) is 0.250. The number of aliphatic hydroxyl groups is 3. The molecule has 1 heterocycles. The normalized spacial score (nSPS) is 27.2. The summed E-state index contributed by atoms with van der Waals surface area (Å²) < 4.78 is 0.956. The minimum Gasteiger partial charge on any atom is -0.479 e. The van der Waals surface area contributed by atoms with E-state index in [0.717, 1.165) is 16.3 Å². The van der Waals surface area contributed by atoms with Crippen LogP contribution in [0.2, 0.25) is 0 Å². The summed E-state index contributed by atoms with van der Waals surface area (Å²) in [6.07, 6.45) is -2.25. The third-order valence-corrected chi connectivity index (χ3v) is 4.53. The van der Waals surface area contributed by atoms with Crippen LogP contribution in [0.5, 0.6) is 0 Å². The Morgan fingerprint density at radius 3 is 2.74 bits per heavy atom. The van der Waals surface area contributed by atoms with Gasteiger partial charge in [-0.15, -0.1) is 11.3 Å². The molecule has 0 radical (unpaired) electrons. The second kappa shape index (κ2) is 5.76. The van der Waals surface area contributed by atoms with E-state index in [4.69, 9.17) is 5.11 Å². The maximum Gasteiger partial charge on any atom is 0.339 e. The smallest absolute Gasteiger partial charge is 0.339 e. The molecule has 3 rings (SSSR count). The summed E-state index contributed by atoms with van der Waals surface area (Å²) in [4.78, 5) is 15.4. The van der Waals surface area contributed by atoms with E-state index in [1.807, 2.05) is 24.3 Å². The Balaban J connectivity index is 1.97. The van der Waals surface area contributed by atoms with Crippen LogP contribution in [0.4, 0.5) is 0 Å². The van der Waals surface area contributed by atoms with Crippen LogP contribution in [-0.4, -0.2) is 49.2 Å². The minimum absolute atomic E-state index is 0.0343. The van der Waals surface area contributed by atoms with Crippen molar-refractivity contribution in [3.05, 3.63) is 40.9 Å². The van der Waals surface area contributed by atoms with E-state index in [0.29, 0.717) is 5.01 Å². The van der Waals surface area contributed by atoms with Crippen LogP contribution in [0, 0.1) is 11.8 Å². The van der Waals surface area contributed by atoms with Gasteiger partial charge in [0.25, 0.3) is 0 Å². The third-order valence-electron chi connectivity index (χ3n) is 3.58. The number of carboxylic acid groups (broad SMARTS) is 1. The van der Waals surface area contributed by atoms with Gasteiger partial charge < -0.3 is 20.4 Å². The van der Waals surface area contributed by atoms with Crippen molar-refractivity contribution in [1.29, 1.82) is 0 Å². The Morgan fingerprint density at radius 2 is 2.04 bits per heavy atom. The number of aliphatic hydroxyl groups excluding tert-OH is 2. The van der Waals surface area contributed by atoms with Gasteiger partial charge >= 0.3 is 5.97 Å². The second-order valence-corrected chi connectivity index (χ2v) is 6.31. The molecule has 118 valence electrons. The number of thiazole rings is 1. The van der Waals surface area contributed by atoms with Crippen LogP contribution >= 0.6 is 11.3 Å². The topological polar surface area (TPSA) is 111 Å². The van der Waals surface area contributed by atoms with Crippen LogP contribution < -0.4 is 0 Å². The summed E-state index contributed by atoms with van der Waals surface area (Å²) in [6, 6.07) is 7.49. The summed E-state index contributed by atoms with van der Waals surface area (Å²) >= 11 is 1.36. The maximum absolute atomic E-state index is 11.1. The van der Waals surface area contributed by atoms with Crippen molar-refractivity contribution in [2.24, 2.45) is 0 Å². The van der Waals surface area contributed by atoms with E-state index >= 15 is 0 Å². The van der Waals surface area contributed by atoms with Crippen LogP contribution in [0.3, 0.4) is 0 Å². The molecule has 0 amide bonds. The van der Waals surface area contributed by atoms with Gasteiger partial charge in [-0.2, -0.15) is 0 Å². The number of rotatable bonds is 1. The second-order valence-electron chi connectivity index (χ2n) is 5.28. The summed E-state index contributed by atoms with van der Waals surface area (Å²) in [7, 11) is 0. The molecule has 23 heavy (non-hydrogen) atoms. The first kappa shape index (κ1) is 15.6. The van der Waals surface area contributed by atoms with Crippen LogP contribution in [0.1, 0.15) is 11.4 Å². The van der Waals surface area contributed by atoms with Crippen LogP contribution in [-0.2, 0) is 4.79 Å². The zero-order chi connectivity index (χ0) is 16.6. The zero-order valence-electron chi connectivity index (χ0n) is 11.8. The molecule has 4 N–H and O–H groups in total. The lowest BCUT2D eigenvalue weighted by Gasteiger charge is -2.31. The molecule has 7 heteroatoms. The van der Waals surface area contributed by atoms with E-state index in [2.05, 4.69) is 16.8 Å². The van der Waals surface area contributed by atoms with Crippen LogP contribution in [0.15, 0.2) is 35.9 Å². The lowest BCUT2D eigenvalue weighted by molar-refractivity contribution is -0.158. The Labute approximate surface area is 135 Å². The number of aliphatic carboxylic acids is 1. The molecule has 1 aliphatic rings. The predicted molar refractivity (Wildman–Crippen MR) is 83.8 cm³/mol. The monoisotopic (exact) mass is 331 g/mol. The number of carbonyl (C=O) groups is 1. The summed E-state index contributed by atoms with van der Waals surface area (Å²) in [5, 5.41) is 39.2. The molecular formula is C16H13NO5S. The van der Waals surface area contributed by atoms with Gasteiger partial charge in [-0.25, -0.2) is 9.78 Å². The van der Waals surface area contributed by atoms with Gasteiger partial charge in [0.15, 0.2) is 10.6 Å². The van der Waals surface area contributed by atoms with Crippen molar-refractivity contribution < 1.29 is 25.2 Å². The van der Waals surface area contributed by atoms with E-state index in [1.165, 1.54) is 11.3 Å². The van der Waals surface area contributed by atoms with Gasteiger partial charge in [0, 0.05) is 12.0 Å². The van der Waals surface area contributed by atoms with E-state index in [1.54, 1.807) is 0 Å². The number of hydrogen-bond acceptors (Lipinski definition) is 6. The van der Waals surface area contributed by atoms with E-state index in [9.17, 15) is 20.1 Å². The third kappa shape index (κ3) is 2.98. The molecule has 1 aromatic heterocycles. The van der Waals surface area contributed by atoms with Gasteiger partial charge in [0.1, 0.15) is 6.10 Å². The number of benzene rings is 1. The first-order valence-corrected chi connectivity index (χ1v) is 7.63. The number of aromatic nitrogens is 1. The Hall–Kier alpha value is -2.24. The largest absolute Gasteiger partial charge is 0.479 e. The summed E-state index contributed by atoms with van der Waals surface area (Å²) in [6.45, 7) is 0. The molecule has 1 aromatic carbocycles. The van der Waals surface area contributed by atoms with Crippen molar-refractivity contribution in [1.82, 2.24) is 4.98 Å². The molecule has 0 saturated heterocycles. The Kier molecular flexibility index (Phi) is 3.92. The molecular weight excluding hydrogens is 318 g/mol. The molecule has 0 unspecified atom stereocenters. The SMILES string of the molecule is O=C(O)[C@]1(O)C=C(C#Cc2nc3ccccc3s2)[C@@H](O)[C@H](O)C1. The van der Waals surface area contributed by atoms with Gasteiger partial charge in [-0.1, -0.05) is 18.1 Å². The standard InChI is InChI=1S/C16H13NO5S/c18-11-8-16(22,15(20)21)7-9(14(11)19)5-6-13-17-10-3-1-2-4-12(10)23-13/h1-4,7,11,14,18-19,22H,8H2,(H,20,21)/t11-,14-,16+/m1/s1. The molecule has 0 fully saturated rings. The quantitative estimate of drug-likeness (QED) is 0.567. The van der Waals surface area contributed by atoms with Crippen molar-refractivity contribution in [3.8, 4) is 11.8 Å². The molecule has 0 saturated carbocycles. The number of para-hydroxylation sites is 1. The molecule has 2 aromatic rings. The minimum atomic E-state index is -2.24. The number of carboxylic acids is 1. The highest BCUT2D eigenvalue weighted by molar-refractivity contribution is 7.19. The molecule has 3 atom stereocenters. The summed E-state index contributed by atoms with van der Waals surface area (Å²) in [5.74, 6) is 3.86. The maximum atomic E-state index is 11.1. The highest BCUT2D eigenvalue weighted by Gasteiger charge is 2.43. The van der Waals surface area contributed by atoms with Crippen LogP contribution in [0.25, 0.3) is 10.2 Å². The van der Waals surface area contributed by atoms with Gasteiger partial charge in [-0.3, -0.25) is 0 Å². The van der Waals surface area contributed by atoms with E-state index in [-0.39, 0.29) is 5.57 Å². The Bertz CT molecular complexity index is 829. The lowest BCUT2D eigenvalue weighted by atomic mass is 9.83. The number of fused-ring (bicyclic) bond motifs is 1. The fourth-order valence-electron chi connectivity index (χ4n) is 2.35. The molecule has 6 nitrogen and oxygen atoms in total. The van der Waals surface area contributed by atoms with Crippen molar-refractivity contribution in [2.75, 3.05) is 0 Å². The molecule has 0 aliphatic heterocycles. The average molecular weight is 331 g/mol. The number of nitrogens with zero attached hydrogens (tertiary/aromatic N) is 1. The van der Waals surface area contributed by atoms with Crippen molar-refractivity contribution >= 4 is 27.5 Å². The summed E-state index contributed by atoms with van der Waals surface area (Å²) in [5.41, 5.74) is -1.48. The lowest BCUT2D eigenvalue weighted by Crippen LogP contribution is -2.47. The average Bonchev–Trinajstić information content (AvgIpc) is 2.92. The van der Waals surface area contributed by atoms with Crippen molar-refractivity contribution in [3.63, 3.8) is 0 Å². The van der Waals surface area contributed by atoms with E-state index < -0.39 is 30.2 Å². The fourth-order valence-corrected chi connectivity index (χ4v) is 3.17. The highest BCUT2D eigenvalue weighted by Crippen LogP contribution is 2.28. The molecule has 0 bridgehead atoms. The highest BCUT2D eigenvalue weighted by atomic mass is 32.1. The first-order valence-electron chi connectivity index (χ1n) is 6.81. The van der Waals surface area contributed by atoms with Gasteiger partial charge in [0.2, 0.25) is 0 Å². The first-order chi connectivity index (χ1) is 10.9. The van der Waals surface area contributed by atoms with Gasteiger partial charge in [0.05, 0.1) is 16.3 Å².